The van der Waals surface area contributed by atoms with E-state index in [4.69, 9.17) is 4.74 Å². The van der Waals surface area contributed by atoms with Crippen molar-refractivity contribution in [3.63, 3.8) is 0 Å². The van der Waals surface area contributed by atoms with Gasteiger partial charge in [0.15, 0.2) is 0 Å². The van der Waals surface area contributed by atoms with E-state index in [9.17, 15) is 9.90 Å². The van der Waals surface area contributed by atoms with E-state index in [0.29, 0.717) is 6.54 Å². The van der Waals surface area contributed by atoms with Crippen molar-refractivity contribution in [3.05, 3.63) is 40.7 Å². The monoisotopic (exact) mass is 262 g/mol. The van der Waals surface area contributed by atoms with E-state index in [2.05, 4.69) is 5.32 Å². The first kappa shape index (κ1) is 13.6. The minimum atomic E-state index is -0.604. The van der Waals surface area contributed by atoms with Crippen LogP contribution in [-0.4, -0.2) is 36.0 Å². The molecule has 1 heterocycles. The Hall–Kier alpha value is -1.85. The van der Waals surface area contributed by atoms with Gasteiger partial charge in [0.25, 0.3) is 5.56 Å². The molecule has 2 aromatic rings. The zero-order valence-electron chi connectivity index (χ0n) is 11.1. The highest BCUT2D eigenvalue weighted by Crippen LogP contribution is 2.20. The lowest BCUT2D eigenvalue weighted by atomic mass is 10.1. The maximum absolute atomic E-state index is 11.9. The van der Waals surface area contributed by atoms with Crippen LogP contribution in [0.3, 0.4) is 0 Å². The third kappa shape index (κ3) is 2.94. The number of benzene rings is 1. The molecule has 0 bridgehead atoms. The summed E-state index contributed by atoms with van der Waals surface area (Å²) >= 11 is 0. The average Bonchev–Trinajstić information content (AvgIpc) is 2.42. The molecule has 19 heavy (non-hydrogen) atoms. The number of anilines is 1. The Morgan fingerprint density at radius 3 is 2.89 bits per heavy atom. The number of hydrogen-bond acceptors (Lipinski definition) is 4. The summed E-state index contributed by atoms with van der Waals surface area (Å²) < 4.78 is 6.47. The molecule has 1 aromatic carbocycles. The molecule has 0 radical (unpaired) electrons. The number of aliphatic hydroxyl groups is 1. The minimum Gasteiger partial charge on any atom is -0.389 e. The Morgan fingerprint density at radius 1 is 1.42 bits per heavy atom. The number of hydrogen-bond donors (Lipinski definition) is 2. The van der Waals surface area contributed by atoms with Crippen molar-refractivity contribution in [1.29, 1.82) is 0 Å². The number of nitrogens with zero attached hydrogens (tertiary/aromatic N) is 1. The molecule has 2 rings (SSSR count). The summed E-state index contributed by atoms with van der Waals surface area (Å²) in [5.41, 5.74) is 1.51. The predicted molar refractivity (Wildman–Crippen MR) is 75.6 cm³/mol. The number of nitrogens with one attached hydrogen (secondary N) is 1. The number of aliphatic hydroxyl groups excluding tert-OH is 1. The van der Waals surface area contributed by atoms with E-state index in [-0.39, 0.29) is 12.2 Å². The molecule has 0 spiro atoms. The van der Waals surface area contributed by atoms with Crippen LogP contribution in [0.15, 0.2) is 35.1 Å². The van der Waals surface area contributed by atoms with Crippen molar-refractivity contribution in [2.75, 3.05) is 25.6 Å². The molecule has 5 nitrogen and oxygen atoms in total. The highest BCUT2D eigenvalue weighted by molar-refractivity contribution is 5.91. The Bertz CT molecular complexity index is 622. The maximum Gasteiger partial charge on any atom is 0.252 e. The molecule has 102 valence electrons. The molecule has 0 saturated carbocycles. The molecular weight excluding hydrogens is 244 g/mol. The zero-order valence-corrected chi connectivity index (χ0v) is 11.1. The summed E-state index contributed by atoms with van der Waals surface area (Å²) in [5, 5.41) is 13.7. The van der Waals surface area contributed by atoms with E-state index >= 15 is 0 Å². The van der Waals surface area contributed by atoms with Gasteiger partial charge in [-0.1, -0.05) is 18.2 Å². The van der Waals surface area contributed by atoms with Crippen molar-refractivity contribution in [1.82, 2.24) is 4.57 Å². The first-order valence-electron chi connectivity index (χ1n) is 6.13. The van der Waals surface area contributed by atoms with Crippen molar-refractivity contribution in [2.24, 2.45) is 7.05 Å². The lowest BCUT2D eigenvalue weighted by Gasteiger charge is -2.14. The van der Waals surface area contributed by atoms with Crippen LogP contribution < -0.4 is 10.9 Å². The van der Waals surface area contributed by atoms with Crippen LogP contribution >= 0.6 is 0 Å². The van der Waals surface area contributed by atoms with Crippen LogP contribution in [-0.2, 0) is 11.8 Å². The van der Waals surface area contributed by atoms with Gasteiger partial charge >= 0.3 is 0 Å². The summed E-state index contributed by atoms with van der Waals surface area (Å²) in [6.07, 6.45) is -0.604. The van der Waals surface area contributed by atoms with Crippen LogP contribution in [0.2, 0.25) is 0 Å². The number of aryl methyl sites for hydroxylation is 1. The highest BCUT2D eigenvalue weighted by atomic mass is 16.5. The summed E-state index contributed by atoms with van der Waals surface area (Å²) in [5.74, 6) is 0. The summed E-state index contributed by atoms with van der Waals surface area (Å²) in [6, 6.07) is 9.20. The van der Waals surface area contributed by atoms with Gasteiger partial charge < -0.3 is 19.7 Å². The van der Waals surface area contributed by atoms with E-state index < -0.39 is 6.10 Å². The first-order valence-corrected chi connectivity index (χ1v) is 6.13. The molecule has 1 unspecified atom stereocenters. The first-order chi connectivity index (χ1) is 9.13. The third-order valence-corrected chi connectivity index (χ3v) is 3.04. The number of ether oxygens (including phenoxy) is 1. The fourth-order valence-corrected chi connectivity index (χ4v) is 2.04. The number of rotatable bonds is 5. The number of methoxy groups -OCH3 is 1. The standard InChI is InChI=1S/C14H18N2O3/c1-16-13-6-4-3-5-11(13)12(7-14(16)18)15-8-10(17)9-19-2/h3-7,10,15,17H,8-9H2,1-2H3. The topological polar surface area (TPSA) is 63.5 Å². The molecular formula is C14H18N2O3. The maximum atomic E-state index is 11.9. The van der Waals surface area contributed by atoms with Gasteiger partial charge in [-0.25, -0.2) is 0 Å². The zero-order chi connectivity index (χ0) is 13.8. The summed E-state index contributed by atoms with van der Waals surface area (Å²) in [6.45, 7) is 0.598. The van der Waals surface area contributed by atoms with Crippen LogP contribution in [0.1, 0.15) is 0 Å². The van der Waals surface area contributed by atoms with Crippen molar-refractivity contribution in [3.8, 4) is 0 Å². The molecule has 0 fully saturated rings. The predicted octanol–water partition coefficient (Wildman–Crippen LogP) is 0.958. The number of para-hydroxylation sites is 1. The lowest BCUT2D eigenvalue weighted by Crippen LogP contribution is -2.25. The number of pyridine rings is 1. The second-order valence-corrected chi connectivity index (χ2v) is 4.46. The van der Waals surface area contributed by atoms with Gasteiger partial charge in [-0.15, -0.1) is 0 Å². The quantitative estimate of drug-likeness (QED) is 0.842. The third-order valence-electron chi connectivity index (χ3n) is 3.04. The van der Waals surface area contributed by atoms with Gasteiger partial charge in [-0.05, 0) is 6.07 Å². The Kier molecular flexibility index (Phi) is 4.19. The number of aromatic nitrogens is 1. The van der Waals surface area contributed by atoms with Crippen LogP contribution in [0.4, 0.5) is 5.69 Å². The number of fused-ring (bicyclic) bond motifs is 1. The van der Waals surface area contributed by atoms with E-state index in [0.717, 1.165) is 16.6 Å². The fraction of sp³-hybridized carbons (Fsp3) is 0.357. The van der Waals surface area contributed by atoms with E-state index in [1.54, 1.807) is 17.7 Å². The molecule has 0 aliphatic rings. The normalized spacial score (nSPS) is 12.6. The molecule has 1 atom stereocenters. The summed E-state index contributed by atoms with van der Waals surface area (Å²) in [7, 11) is 3.28. The largest absolute Gasteiger partial charge is 0.389 e. The van der Waals surface area contributed by atoms with Crippen molar-refractivity contribution in [2.45, 2.75) is 6.10 Å². The molecule has 0 amide bonds. The van der Waals surface area contributed by atoms with Crippen LogP contribution in [0.5, 0.6) is 0 Å². The van der Waals surface area contributed by atoms with Crippen LogP contribution in [0.25, 0.3) is 10.9 Å². The fourth-order valence-electron chi connectivity index (χ4n) is 2.04. The molecule has 1 aromatic heterocycles. The Balaban J connectivity index is 2.33. The molecule has 2 N–H and O–H groups in total. The second-order valence-electron chi connectivity index (χ2n) is 4.46. The van der Waals surface area contributed by atoms with E-state index in [1.165, 1.54) is 7.11 Å². The SMILES string of the molecule is COCC(O)CNc1cc(=O)n(C)c2ccccc12. The summed E-state index contributed by atoms with van der Waals surface area (Å²) in [4.78, 5) is 11.9. The highest BCUT2D eigenvalue weighted by Gasteiger charge is 2.08. The van der Waals surface area contributed by atoms with Gasteiger partial charge in [-0.3, -0.25) is 4.79 Å². The van der Waals surface area contributed by atoms with Gasteiger partial charge in [0.1, 0.15) is 0 Å². The van der Waals surface area contributed by atoms with Gasteiger partial charge in [0.2, 0.25) is 0 Å². The smallest absolute Gasteiger partial charge is 0.252 e. The second kappa shape index (κ2) is 5.86. The lowest BCUT2D eigenvalue weighted by molar-refractivity contribution is 0.0728. The Labute approximate surface area is 111 Å². The molecule has 0 aliphatic carbocycles. The van der Waals surface area contributed by atoms with Crippen molar-refractivity contribution < 1.29 is 9.84 Å². The molecule has 5 heteroatoms. The van der Waals surface area contributed by atoms with Gasteiger partial charge in [0, 0.05) is 37.8 Å². The van der Waals surface area contributed by atoms with Gasteiger partial charge in [-0.2, -0.15) is 0 Å². The Morgan fingerprint density at radius 2 is 2.16 bits per heavy atom. The van der Waals surface area contributed by atoms with Crippen LogP contribution in [0, 0.1) is 0 Å². The van der Waals surface area contributed by atoms with E-state index in [1.807, 2.05) is 24.3 Å². The van der Waals surface area contributed by atoms with Gasteiger partial charge in [0.05, 0.1) is 18.2 Å². The average molecular weight is 262 g/mol. The minimum absolute atomic E-state index is 0.0811. The van der Waals surface area contributed by atoms with Crippen molar-refractivity contribution >= 4 is 16.6 Å². The molecule has 0 aliphatic heterocycles. The molecule has 0 saturated heterocycles.